The third-order valence-electron chi connectivity index (χ3n) is 2.88. The summed E-state index contributed by atoms with van der Waals surface area (Å²) in [5.41, 5.74) is 0.418. The molecule has 1 atom stereocenters. The first-order valence-corrected chi connectivity index (χ1v) is 8.66. The SMILES string of the molecule is O=C(CC1CCS(=O)(=O)C1)Nc1cc(Br)cnc1Cl. The van der Waals surface area contributed by atoms with Crippen molar-refractivity contribution in [2.24, 2.45) is 5.92 Å². The highest BCUT2D eigenvalue weighted by molar-refractivity contribution is 9.10. The van der Waals surface area contributed by atoms with Crippen LogP contribution in [0.4, 0.5) is 5.69 Å². The molecule has 0 spiro atoms. The first-order valence-electron chi connectivity index (χ1n) is 5.67. The predicted octanol–water partition coefficient (Wildman–Crippen LogP) is 2.26. The Bertz CT molecular complexity index is 606. The van der Waals surface area contributed by atoms with Crippen LogP contribution in [-0.2, 0) is 14.6 Å². The molecule has 19 heavy (non-hydrogen) atoms. The number of pyridine rings is 1. The van der Waals surface area contributed by atoms with E-state index < -0.39 is 9.84 Å². The lowest BCUT2D eigenvalue weighted by Gasteiger charge is -2.09. The van der Waals surface area contributed by atoms with Gasteiger partial charge in [-0.1, -0.05) is 11.6 Å². The third kappa shape index (κ3) is 4.15. The number of amides is 1. The summed E-state index contributed by atoms with van der Waals surface area (Å²) in [5, 5.41) is 2.85. The molecule has 1 unspecified atom stereocenters. The van der Waals surface area contributed by atoms with E-state index in [0.717, 1.165) is 0 Å². The quantitative estimate of drug-likeness (QED) is 0.831. The standard InChI is InChI=1S/C11H12BrClN2O3S/c12-8-4-9(11(13)14-5-8)15-10(16)3-7-1-2-19(17,18)6-7/h4-5,7H,1-3,6H2,(H,15,16). The van der Waals surface area contributed by atoms with Crippen molar-refractivity contribution < 1.29 is 13.2 Å². The van der Waals surface area contributed by atoms with E-state index in [4.69, 9.17) is 11.6 Å². The maximum atomic E-state index is 11.8. The summed E-state index contributed by atoms with van der Waals surface area (Å²) in [4.78, 5) is 15.7. The first kappa shape index (κ1) is 14.7. The molecule has 5 nitrogen and oxygen atoms in total. The topological polar surface area (TPSA) is 76.1 Å². The Hall–Kier alpha value is -0.660. The van der Waals surface area contributed by atoms with Gasteiger partial charge < -0.3 is 5.32 Å². The van der Waals surface area contributed by atoms with E-state index in [9.17, 15) is 13.2 Å². The lowest BCUT2D eigenvalue weighted by atomic mass is 10.1. The number of rotatable bonds is 3. The Morgan fingerprint density at radius 3 is 2.95 bits per heavy atom. The van der Waals surface area contributed by atoms with Gasteiger partial charge in [-0.25, -0.2) is 13.4 Å². The smallest absolute Gasteiger partial charge is 0.224 e. The zero-order chi connectivity index (χ0) is 14.0. The van der Waals surface area contributed by atoms with Crippen molar-refractivity contribution >= 4 is 49.0 Å². The molecule has 0 aromatic carbocycles. The van der Waals surface area contributed by atoms with Gasteiger partial charge in [-0.05, 0) is 34.3 Å². The second kappa shape index (κ2) is 5.76. The Labute approximate surface area is 124 Å². The summed E-state index contributed by atoms with van der Waals surface area (Å²) in [6.07, 6.45) is 2.25. The Kier molecular flexibility index (Phi) is 4.47. The Morgan fingerprint density at radius 2 is 2.32 bits per heavy atom. The zero-order valence-electron chi connectivity index (χ0n) is 9.90. The average molecular weight is 368 g/mol. The summed E-state index contributed by atoms with van der Waals surface area (Å²) in [6, 6.07) is 1.65. The van der Waals surface area contributed by atoms with Crippen molar-refractivity contribution in [2.45, 2.75) is 12.8 Å². The molecule has 0 bridgehead atoms. The van der Waals surface area contributed by atoms with Gasteiger partial charge in [0.15, 0.2) is 15.0 Å². The molecule has 8 heteroatoms. The number of hydrogen-bond acceptors (Lipinski definition) is 4. The predicted molar refractivity (Wildman–Crippen MR) is 77.0 cm³/mol. The molecule has 1 aromatic rings. The highest BCUT2D eigenvalue weighted by Crippen LogP contribution is 2.25. The monoisotopic (exact) mass is 366 g/mol. The van der Waals surface area contributed by atoms with Crippen molar-refractivity contribution in [1.82, 2.24) is 4.98 Å². The minimum atomic E-state index is -2.95. The van der Waals surface area contributed by atoms with E-state index in [1.165, 1.54) is 6.20 Å². The highest BCUT2D eigenvalue weighted by Gasteiger charge is 2.29. The van der Waals surface area contributed by atoms with Crippen LogP contribution < -0.4 is 5.32 Å². The Balaban J connectivity index is 1.97. The van der Waals surface area contributed by atoms with Crippen LogP contribution in [0.3, 0.4) is 0 Å². The largest absolute Gasteiger partial charge is 0.323 e. The molecule has 1 aliphatic heterocycles. The summed E-state index contributed by atoms with van der Waals surface area (Å²) < 4.78 is 23.3. The summed E-state index contributed by atoms with van der Waals surface area (Å²) in [6.45, 7) is 0. The van der Waals surface area contributed by atoms with Gasteiger partial charge in [-0.2, -0.15) is 0 Å². The number of hydrogen-bond donors (Lipinski definition) is 1. The van der Waals surface area contributed by atoms with Crippen molar-refractivity contribution in [3.63, 3.8) is 0 Å². The maximum Gasteiger partial charge on any atom is 0.224 e. The summed E-state index contributed by atoms with van der Waals surface area (Å²) >= 11 is 9.10. The molecule has 1 saturated heterocycles. The minimum Gasteiger partial charge on any atom is -0.323 e. The maximum absolute atomic E-state index is 11.8. The van der Waals surface area contributed by atoms with E-state index in [1.807, 2.05) is 0 Å². The molecule has 0 saturated carbocycles. The van der Waals surface area contributed by atoms with Gasteiger partial charge >= 0.3 is 0 Å². The van der Waals surface area contributed by atoms with Crippen LogP contribution in [0.1, 0.15) is 12.8 Å². The van der Waals surface area contributed by atoms with E-state index in [1.54, 1.807) is 6.07 Å². The molecule has 1 aromatic heterocycles. The van der Waals surface area contributed by atoms with Gasteiger partial charge in [-0.15, -0.1) is 0 Å². The van der Waals surface area contributed by atoms with Crippen molar-refractivity contribution in [3.05, 3.63) is 21.9 Å². The number of nitrogens with one attached hydrogen (secondary N) is 1. The first-order chi connectivity index (χ1) is 8.85. The number of halogens is 2. The fourth-order valence-electron chi connectivity index (χ4n) is 2.01. The Morgan fingerprint density at radius 1 is 1.58 bits per heavy atom. The average Bonchev–Trinajstić information content (AvgIpc) is 2.63. The van der Waals surface area contributed by atoms with E-state index in [0.29, 0.717) is 16.6 Å². The molecular formula is C11H12BrClN2O3S. The van der Waals surface area contributed by atoms with Crippen LogP contribution in [0.25, 0.3) is 0 Å². The number of carbonyl (C=O) groups excluding carboxylic acids is 1. The van der Waals surface area contributed by atoms with Crippen LogP contribution in [0.5, 0.6) is 0 Å². The van der Waals surface area contributed by atoms with Crippen molar-refractivity contribution in [3.8, 4) is 0 Å². The number of sulfone groups is 1. The molecule has 0 aliphatic carbocycles. The van der Waals surface area contributed by atoms with E-state index >= 15 is 0 Å². The van der Waals surface area contributed by atoms with Crippen LogP contribution >= 0.6 is 27.5 Å². The van der Waals surface area contributed by atoms with Crippen molar-refractivity contribution in [2.75, 3.05) is 16.8 Å². The number of aromatic nitrogens is 1. The fourth-order valence-corrected chi connectivity index (χ4v) is 4.35. The van der Waals surface area contributed by atoms with Gasteiger partial charge in [0, 0.05) is 17.1 Å². The van der Waals surface area contributed by atoms with Gasteiger partial charge in [0.25, 0.3) is 0 Å². The van der Waals surface area contributed by atoms with E-state index in [-0.39, 0.29) is 34.9 Å². The number of carbonyl (C=O) groups is 1. The lowest BCUT2D eigenvalue weighted by molar-refractivity contribution is -0.116. The van der Waals surface area contributed by atoms with Crippen LogP contribution in [0.15, 0.2) is 16.7 Å². The van der Waals surface area contributed by atoms with Gasteiger partial charge in [0.2, 0.25) is 5.91 Å². The van der Waals surface area contributed by atoms with Crippen LogP contribution in [0, 0.1) is 5.92 Å². The van der Waals surface area contributed by atoms with Crippen LogP contribution in [0.2, 0.25) is 5.15 Å². The molecular weight excluding hydrogens is 356 g/mol. The molecule has 104 valence electrons. The fraction of sp³-hybridized carbons (Fsp3) is 0.455. The number of anilines is 1. The molecule has 2 heterocycles. The molecule has 0 radical (unpaired) electrons. The second-order valence-corrected chi connectivity index (χ2v) is 8.02. The van der Waals surface area contributed by atoms with Crippen molar-refractivity contribution in [1.29, 1.82) is 0 Å². The van der Waals surface area contributed by atoms with Gasteiger partial charge in [0.1, 0.15) is 0 Å². The third-order valence-corrected chi connectivity index (χ3v) is 5.45. The summed E-state index contributed by atoms with van der Waals surface area (Å²) in [5.74, 6) is -0.0949. The molecule has 1 amide bonds. The highest BCUT2D eigenvalue weighted by atomic mass is 79.9. The zero-order valence-corrected chi connectivity index (χ0v) is 13.1. The molecule has 1 fully saturated rings. The lowest BCUT2D eigenvalue weighted by Crippen LogP contribution is -2.17. The van der Waals surface area contributed by atoms with E-state index in [2.05, 4.69) is 26.2 Å². The molecule has 2 rings (SSSR count). The normalized spacial score (nSPS) is 21.3. The number of nitrogens with zero attached hydrogens (tertiary/aromatic N) is 1. The van der Waals surface area contributed by atoms with Gasteiger partial charge in [-0.3, -0.25) is 4.79 Å². The second-order valence-electron chi connectivity index (χ2n) is 4.51. The van der Waals surface area contributed by atoms with Gasteiger partial charge in [0.05, 0.1) is 17.2 Å². The molecule has 1 aliphatic rings. The minimum absolute atomic E-state index is 0.0882. The summed E-state index contributed by atoms with van der Waals surface area (Å²) in [7, 11) is -2.95. The van der Waals surface area contributed by atoms with Crippen LogP contribution in [-0.4, -0.2) is 30.8 Å². The molecule has 1 N–H and O–H groups in total.